The summed E-state index contributed by atoms with van der Waals surface area (Å²) in [6, 6.07) is 12.5. The van der Waals surface area contributed by atoms with Crippen molar-refractivity contribution in [3.8, 4) is 0 Å². The average Bonchev–Trinajstić information content (AvgIpc) is 2.52. The van der Waals surface area contributed by atoms with Gasteiger partial charge in [0.2, 0.25) is 0 Å². The van der Waals surface area contributed by atoms with Gasteiger partial charge in [-0.3, -0.25) is 4.79 Å². The minimum Gasteiger partial charge on any atom is -0.480 e. The van der Waals surface area contributed by atoms with E-state index in [9.17, 15) is 14.7 Å². The molecule has 2 aromatic rings. The third kappa shape index (κ3) is 2.97. The molecule has 1 aliphatic rings. The molecule has 1 aliphatic heterocycles. The summed E-state index contributed by atoms with van der Waals surface area (Å²) in [5.74, 6) is -1.18. The summed E-state index contributed by atoms with van der Waals surface area (Å²) in [7, 11) is 0. The average molecular weight is 309 g/mol. The van der Waals surface area contributed by atoms with Gasteiger partial charge in [-0.1, -0.05) is 41.5 Å². The standard InChI is InChI=1S/C19H19NO3/c1-12-7-13(2)9-16(8-12)18(21)20-11-15-6-4-3-5-14(15)10-17(20)19(22)23/h3-9,17H,10-11H2,1-2H3,(H,22,23). The molecule has 1 amide bonds. The molecule has 1 heterocycles. The topological polar surface area (TPSA) is 57.6 Å². The molecule has 1 atom stereocenters. The van der Waals surface area contributed by atoms with Crippen LogP contribution in [0.2, 0.25) is 0 Å². The lowest BCUT2D eigenvalue weighted by Gasteiger charge is -2.34. The molecule has 0 aromatic heterocycles. The molecule has 23 heavy (non-hydrogen) atoms. The lowest BCUT2D eigenvalue weighted by atomic mass is 9.93. The number of aryl methyl sites for hydroxylation is 2. The maximum Gasteiger partial charge on any atom is 0.326 e. The molecule has 0 bridgehead atoms. The zero-order valence-electron chi connectivity index (χ0n) is 13.2. The number of fused-ring (bicyclic) bond motifs is 1. The molecule has 1 N–H and O–H groups in total. The molecule has 0 spiro atoms. The van der Waals surface area contributed by atoms with E-state index in [0.29, 0.717) is 18.5 Å². The van der Waals surface area contributed by atoms with E-state index < -0.39 is 12.0 Å². The molecule has 118 valence electrons. The van der Waals surface area contributed by atoms with Crippen molar-refractivity contribution < 1.29 is 14.7 Å². The fourth-order valence-electron chi connectivity index (χ4n) is 3.22. The Labute approximate surface area is 135 Å². The van der Waals surface area contributed by atoms with E-state index in [-0.39, 0.29) is 5.91 Å². The lowest BCUT2D eigenvalue weighted by Crippen LogP contribution is -2.48. The fraction of sp³-hybridized carbons (Fsp3) is 0.263. The highest BCUT2D eigenvalue weighted by Gasteiger charge is 2.34. The minimum atomic E-state index is -0.961. The van der Waals surface area contributed by atoms with Gasteiger partial charge in [-0.15, -0.1) is 0 Å². The first-order chi connectivity index (χ1) is 11.0. The number of carbonyl (C=O) groups is 2. The molecule has 0 fully saturated rings. The number of rotatable bonds is 2. The monoisotopic (exact) mass is 309 g/mol. The fourth-order valence-corrected chi connectivity index (χ4v) is 3.22. The van der Waals surface area contributed by atoms with Crippen LogP contribution in [0.3, 0.4) is 0 Å². The van der Waals surface area contributed by atoms with Crippen LogP contribution in [0, 0.1) is 13.8 Å². The first-order valence-corrected chi connectivity index (χ1v) is 7.64. The van der Waals surface area contributed by atoms with Crippen LogP contribution in [0.25, 0.3) is 0 Å². The SMILES string of the molecule is Cc1cc(C)cc(C(=O)N2Cc3ccccc3CC2C(=O)O)c1. The Morgan fingerprint density at radius 3 is 2.26 bits per heavy atom. The number of amides is 1. The van der Waals surface area contributed by atoms with Gasteiger partial charge in [0.15, 0.2) is 0 Å². The Bertz CT molecular complexity index is 762. The normalized spacial score (nSPS) is 16.8. The summed E-state index contributed by atoms with van der Waals surface area (Å²) >= 11 is 0. The summed E-state index contributed by atoms with van der Waals surface area (Å²) in [6.07, 6.45) is 0.349. The van der Waals surface area contributed by atoms with Gasteiger partial charge in [-0.25, -0.2) is 4.79 Å². The molecule has 0 saturated carbocycles. The van der Waals surface area contributed by atoms with Gasteiger partial charge in [0.25, 0.3) is 5.91 Å². The van der Waals surface area contributed by atoms with Gasteiger partial charge in [-0.05, 0) is 37.1 Å². The van der Waals surface area contributed by atoms with E-state index in [2.05, 4.69) is 0 Å². The zero-order chi connectivity index (χ0) is 16.6. The molecule has 2 aromatic carbocycles. The molecule has 0 aliphatic carbocycles. The smallest absolute Gasteiger partial charge is 0.326 e. The quantitative estimate of drug-likeness (QED) is 0.928. The summed E-state index contributed by atoms with van der Waals surface area (Å²) in [4.78, 5) is 26.0. The van der Waals surface area contributed by atoms with Gasteiger partial charge in [0.1, 0.15) is 6.04 Å². The Hall–Kier alpha value is -2.62. The maximum atomic E-state index is 12.9. The van der Waals surface area contributed by atoms with Crippen molar-refractivity contribution in [2.75, 3.05) is 0 Å². The van der Waals surface area contributed by atoms with E-state index in [1.54, 1.807) is 0 Å². The van der Waals surface area contributed by atoms with E-state index in [1.807, 2.05) is 56.3 Å². The highest BCUT2D eigenvalue weighted by atomic mass is 16.4. The van der Waals surface area contributed by atoms with Gasteiger partial charge in [-0.2, -0.15) is 0 Å². The number of aliphatic carboxylic acids is 1. The largest absolute Gasteiger partial charge is 0.480 e. The van der Waals surface area contributed by atoms with E-state index >= 15 is 0 Å². The summed E-state index contributed by atoms with van der Waals surface area (Å²) < 4.78 is 0. The Morgan fingerprint density at radius 2 is 1.65 bits per heavy atom. The van der Waals surface area contributed by atoms with Gasteiger partial charge >= 0.3 is 5.97 Å². The van der Waals surface area contributed by atoms with Gasteiger partial charge < -0.3 is 10.0 Å². The van der Waals surface area contributed by atoms with Crippen LogP contribution in [0.5, 0.6) is 0 Å². The molecular formula is C19H19NO3. The van der Waals surface area contributed by atoms with Crippen LogP contribution >= 0.6 is 0 Å². The highest BCUT2D eigenvalue weighted by Crippen LogP contribution is 2.25. The Balaban J connectivity index is 1.99. The molecular weight excluding hydrogens is 290 g/mol. The minimum absolute atomic E-state index is 0.223. The molecule has 4 nitrogen and oxygen atoms in total. The number of benzene rings is 2. The Morgan fingerprint density at radius 1 is 1.04 bits per heavy atom. The third-order valence-corrected chi connectivity index (χ3v) is 4.26. The van der Waals surface area contributed by atoms with Crippen LogP contribution in [0.4, 0.5) is 0 Å². The summed E-state index contributed by atoms with van der Waals surface area (Å²) in [6.45, 7) is 4.20. The number of carbonyl (C=O) groups excluding carboxylic acids is 1. The van der Waals surface area contributed by atoms with Crippen LogP contribution in [-0.4, -0.2) is 27.9 Å². The lowest BCUT2D eigenvalue weighted by molar-refractivity contribution is -0.142. The molecule has 1 unspecified atom stereocenters. The highest BCUT2D eigenvalue weighted by molar-refractivity contribution is 5.97. The number of nitrogens with zero attached hydrogens (tertiary/aromatic N) is 1. The van der Waals surface area contributed by atoms with Crippen molar-refractivity contribution >= 4 is 11.9 Å². The molecule has 0 radical (unpaired) electrons. The second-order valence-electron chi connectivity index (χ2n) is 6.14. The first-order valence-electron chi connectivity index (χ1n) is 7.64. The zero-order valence-corrected chi connectivity index (χ0v) is 13.2. The van der Waals surface area contributed by atoms with Crippen LogP contribution in [0.15, 0.2) is 42.5 Å². The second kappa shape index (κ2) is 5.88. The molecule has 4 heteroatoms. The first kappa shape index (κ1) is 15.3. The number of carboxylic acid groups (broad SMARTS) is 1. The Kier molecular flexibility index (Phi) is 3.90. The van der Waals surface area contributed by atoms with Crippen LogP contribution < -0.4 is 0 Å². The van der Waals surface area contributed by atoms with Crippen LogP contribution in [0.1, 0.15) is 32.6 Å². The van der Waals surface area contributed by atoms with E-state index in [4.69, 9.17) is 0 Å². The maximum absolute atomic E-state index is 12.9. The van der Waals surface area contributed by atoms with Crippen LogP contribution in [-0.2, 0) is 17.8 Å². The number of carboxylic acids is 1. The van der Waals surface area contributed by atoms with Crippen molar-refractivity contribution in [2.24, 2.45) is 0 Å². The predicted molar refractivity (Wildman–Crippen MR) is 87.4 cm³/mol. The molecule has 0 saturated heterocycles. The summed E-state index contributed by atoms with van der Waals surface area (Å²) in [5, 5.41) is 9.55. The van der Waals surface area contributed by atoms with Crippen molar-refractivity contribution in [1.82, 2.24) is 4.90 Å². The van der Waals surface area contributed by atoms with Crippen molar-refractivity contribution in [1.29, 1.82) is 0 Å². The number of hydrogen-bond donors (Lipinski definition) is 1. The second-order valence-corrected chi connectivity index (χ2v) is 6.14. The van der Waals surface area contributed by atoms with E-state index in [0.717, 1.165) is 22.3 Å². The van der Waals surface area contributed by atoms with Crippen molar-refractivity contribution in [2.45, 2.75) is 32.9 Å². The van der Waals surface area contributed by atoms with Crippen molar-refractivity contribution in [3.05, 3.63) is 70.3 Å². The molecule has 3 rings (SSSR count). The van der Waals surface area contributed by atoms with E-state index in [1.165, 1.54) is 4.90 Å². The van der Waals surface area contributed by atoms with Gasteiger partial charge in [0, 0.05) is 18.5 Å². The third-order valence-electron chi connectivity index (χ3n) is 4.26. The van der Waals surface area contributed by atoms with Crippen molar-refractivity contribution in [3.63, 3.8) is 0 Å². The van der Waals surface area contributed by atoms with Gasteiger partial charge in [0.05, 0.1) is 0 Å². The predicted octanol–water partition coefficient (Wildman–Crippen LogP) is 2.96. The summed E-state index contributed by atoms with van der Waals surface area (Å²) in [5.41, 5.74) is 4.57. The number of hydrogen-bond acceptors (Lipinski definition) is 2.